The van der Waals surface area contributed by atoms with Crippen LogP contribution in [0.5, 0.6) is 0 Å². The lowest BCUT2D eigenvalue weighted by Gasteiger charge is -2.18. The Morgan fingerprint density at radius 2 is 2.00 bits per heavy atom. The van der Waals surface area contributed by atoms with Gasteiger partial charge in [0.05, 0.1) is 23.5 Å². The number of fused-ring (bicyclic) bond motifs is 5. The zero-order valence-electron chi connectivity index (χ0n) is 18.1. The van der Waals surface area contributed by atoms with Gasteiger partial charge >= 0.3 is 5.97 Å². The SMILES string of the molecule is C[C@@H]1C/C=C2\SC[C@@H](NC(=O)c3coc(n3)C[C@H](O)C[C@H](O)/C=C\C=C/CNC2=O)C(=O)O1. The molecule has 4 bridgehead atoms. The van der Waals surface area contributed by atoms with Crippen molar-refractivity contribution < 1.29 is 33.8 Å². The van der Waals surface area contributed by atoms with Crippen molar-refractivity contribution in [3.63, 3.8) is 0 Å². The predicted molar refractivity (Wildman–Crippen MR) is 120 cm³/mol. The summed E-state index contributed by atoms with van der Waals surface area (Å²) in [7, 11) is 0. The Morgan fingerprint density at radius 3 is 2.82 bits per heavy atom. The summed E-state index contributed by atoms with van der Waals surface area (Å²) in [4.78, 5) is 42.3. The molecular formula is C22H27N3O7S. The topological polar surface area (TPSA) is 151 Å². The van der Waals surface area contributed by atoms with Crippen molar-refractivity contribution >= 4 is 29.5 Å². The average Bonchev–Trinajstić information content (AvgIpc) is 3.23. The van der Waals surface area contributed by atoms with Crippen molar-refractivity contribution in [1.82, 2.24) is 15.6 Å². The van der Waals surface area contributed by atoms with E-state index >= 15 is 0 Å². The number of ether oxygens (including phenoxy) is 1. The number of aliphatic hydroxyl groups excluding tert-OH is 2. The van der Waals surface area contributed by atoms with E-state index in [1.165, 1.54) is 6.08 Å². The molecule has 1 aromatic rings. The largest absolute Gasteiger partial charge is 0.461 e. The van der Waals surface area contributed by atoms with Gasteiger partial charge in [0.15, 0.2) is 11.6 Å². The van der Waals surface area contributed by atoms with Crippen LogP contribution in [0, 0.1) is 0 Å². The van der Waals surface area contributed by atoms with Crippen LogP contribution in [0.15, 0.2) is 46.0 Å². The van der Waals surface area contributed by atoms with E-state index in [4.69, 9.17) is 9.15 Å². The fourth-order valence-electron chi connectivity index (χ4n) is 3.12. The van der Waals surface area contributed by atoms with E-state index in [1.54, 1.807) is 31.2 Å². The maximum atomic E-state index is 12.6. The lowest BCUT2D eigenvalue weighted by molar-refractivity contribution is -0.149. The fraction of sp³-hybridized carbons (Fsp3) is 0.455. The monoisotopic (exact) mass is 477 g/mol. The Hall–Kier alpha value is -2.89. The van der Waals surface area contributed by atoms with E-state index in [2.05, 4.69) is 15.6 Å². The minimum absolute atomic E-state index is 0.00699. The fourth-order valence-corrected chi connectivity index (χ4v) is 4.10. The minimum atomic E-state index is -1.00. The first kappa shape index (κ1) is 24.7. The van der Waals surface area contributed by atoms with Crippen LogP contribution >= 0.6 is 11.8 Å². The highest BCUT2D eigenvalue weighted by Gasteiger charge is 2.28. The van der Waals surface area contributed by atoms with Crippen LogP contribution in [-0.4, -0.2) is 69.6 Å². The maximum Gasteiger partial charge on any atom is 0.329 e. The number of hydrogen-bond acceptors (Lipinski definition) is 9. The summed E-state index contributed by atoms with van der Waals surface area (Å²) in [6.07, 6.45) is 7.47. The van der Waals surface area contributed by atoms with Gasteiger partial charge in [0.1, 0.15) is 18.4 Å². The Morgan fingerprint density at radius 1 is 1.18 bits per heavy atom. The first-order valence-corrected chi connectivity index (χ1v) is 11.6. The predicted octanol–water partition coefficient (Wildman–Crippen LogP) is 0.622. The highest BCUT2D eigenvalue weighted by molar-refractivity contribution is 8.04. The number of hydrogen-bond donors (Lipinski definition) is 4. The molecule has 0 aliphatic carbocycles. The van der Waals surface area contributed by atoms with Gasteiger partial charge in [0, 0.05) is 25.1 Å². The highest BCUT2D eigenvalue weighted by atomic mass is 32.2. The number of carbonyl (C=O) groups is 3. The summed E-state index contributed by atoms with van der Waals surface area (Å²) in [6, 6.07) is -1.00. The Kier molecular flexibility index (Phi) is 8.87. The molecule has 33 heavy (non-hydrogen) atoms. The summed E-state index contributed by atoms with van der Waals surface area (Å²) in [5, 5.41) is 25.6. The number of thioether (sulfide) groups is 1. The number of nitrogens with one attached hydrogen (secondary N) is 2. The average molecular weight is 478 g/mol. The van der Waals surface area contributed by atoms with E-state index in [9.17, 15) is 24.6 Å². The van der Waals surface area contributed by atoms with Gasteiger partial charge in [0.2, 0.25) is 0 Å². The van der Waals surface area contributed by atoms with Crippen LogP contribution < -0.4 is 10.6 Å². The third kappa shape index (κ3) is 7.58. The second-order valence-electron chi connectivity index (χ2n) is 7.70. The first-order chi connectivity index (χ1) is 15.8. The molecule has 4 N–H and O–H groups in total. The number of aromatic nitrogens is 1. The molecule has 178 valence electrons. The molecule has 4 atom stereocenters. The second kappa shape index (κ2) is 11.8. The number of rotatable bonds is 0. The quantitative estimate of drug-likeness (QED) is 0.394. The van der Waals surface area contributed by atoms with Gasteiger partial charge in [-0.05, 0) is 6.92 Å². The van der Waals surface area contributed by atoms with Crippen LogP contribution in [0.1, 0.15) is 36.1 Å². The number of carbonyl (C=O) groups excluding carboxylic acids is 3. The highest BCUT2D eigenvalue weighted by Crippen LogP contribution is 2.22. The zero-order chi connectivity index (χ0) is 23.8. The normalized spacial score (nSPS) is 31.5. The van der Waals surface area contributed by atoms with Gasteiger partial charge in [-0.15, -0.1) is 11.8 Å². The standard InChI is InChI=1S/C22H27N3O7S/c1-13-6-7-18-21(29)23-8-4-2-3-5-14(26)9-15(27)10-19-24-16(11-31-19)20(28)25-17(12-33-18)22(30)32-13/h2-5,7,11,13-15,17,26-27H,6,8-10,12H2,1H3,(H,23,29)(H,25,28)/b4-2-,5-3-,18-7-/t13-,14-,15-,17-/m1/s1. The van der Waals surface area contributed by atoms with E-state index in [0.29, 0.717) is 11.3 Å². The molecule has 0 saturated heterocycles. The Bertz CT molecular complexity index is 956. The van der Waals surface area contributed by atoms with Gasteiger partial charge in [-0.1, -0.05) is 30.4 Å². The van der Waals surface area contributed by atoms with Crippen molar-refractivity contribution in [2.24, 2.45) is 0 Å². The van der Waals surface area contributed by atoms with Gasteiger partial charge in [0.25, 0.3) is 11.8 Å². The number of allylic oxidation sites excluding steroid dienone is 2. The lowest BCUT2D eigenvalue weighted by atomic mass is 10.1. The third-order valence-corrected chi connectivity index (χ3v) is 6.00. The summed E-state index contributed by atoms with van der Waals surface area (Å²) >= 11 is 1.15. The number of amides is 2. The Labute approximate surface area is 195 Å². The smallest absolute Gasteiger partial charge is 0.329 e. The van der Waals surface area contributed by atoms with Gasteiger partial charge < -0.3 is 30.0 Å². The molecule has 0 unspecified atom stereocenters. The van der Waals surface area contributed by atoms with Crippen LogP contribution in [-0.2, 0) is 20.7 Å². The molecule has 0 fully saturated rings. The minimum Gasteiger partial charge on any atom is -0.461 e. The van der Waals surface area contributed by atoms with Crippen LogP contribution in [0.4, 0.5) is 0 Å². The number of nitrogens with zero attached hydrogens (tertiary/aromatic N) is 1. The zero-order valence-corrected chi connectivity index (χ0v) is 18.9. The number of cyclic esters (lactones) is 1. The van der Waals surface area contributed by atoms with Crippen molar-refractivity contribution in [1.29, 1.82) is 0 Å². The number of aliphatic hydroxyl groups is 2. The molecule has 3 rings (SSSR count). The third-order valence-electron chi connectivity index (χ3n) is 4.84. The molecule has 2 amide bonds. The van der Waals surface area contributed by atoms with Crippen molar-refractivity contribution in [2.45, 2.75) is 50.5 Å². The van der Waals surface area contributed by atoms with Crippen molar-refractivity contribution in [2.75, 3.05) is 12.3 Å². The van der Waals surface area contributed by atoms with E-state index in [-0.39, 0.29) is 42.6 Å². The Balaban J connectivity index is 1.84. The molecule has 1 aromatic heterocycles. The first-order valence-electron chi connectivity index (χ1n) is 10.6. The molecule has 2 aliphatic heterocycles. The molecule has 3 heterocycles. The summed E-state index contributed by atoms with van der Waals surface area (Å²) < 4.78 is 10.7. The second-order valence-corrected chi connectivity index (χ2v) is 8.76. The molecule has 10 nitrogen and oxygen atoms in total. The molecule has 0 saturated carbocycles. The summed E-state index contributed by atoms with van der Waals surface area (Å²) in [5.41, 5.74) is -0.0589. The van der Waals surface area contributed by atoms with Gasteiger partial charge in [-0.2, -0.15) is 0 Å². The molecule has 0 spiro atoms. The van der Waals surface area contributed by atoms with E-state index in [0.717, 1.165) is 18.0 Å². The summed E-state index contributed by atoms with van der Waals surface area (Å²) in [5.74, 6) is -1.34. The molecule has 0 aromatic carbocycles. The molecule has 0 radical (unpaired) electrons. The van der Waals surface area contributed by atoms with Gasteiger partial charge in [-0.25, -0.2) is 9.78 Å². The maximum absolute atomic E-state index is 12.6. The molecule has 2 aliphatic rings. The number of esters is 1. The van der Waals surface area contributed by atoms with Crippen molar-refractivity contribution in [3.05, 3.63) is 53.1 Å². The van der Waals surface area contributed by atoms with Crippen LogP contribution in [0.3, 0.4) is 0 Å². The van der Waals surface area contributed by atoms with Crippen LogP contribution in [0.2, 0.25) is 0 Å². The van der Waals surface area contributed by atoms with E-state index < -0.39 is 36.2 Å². The van der Waals surface area contributed by atoms with E-state index in [1.807, 2.05) is 0 Å². The lowest BCUT2D eigenvalue weighted by Crippen LogP contribution is -2.44. The van der Waals surface area contributed by atoms with Crippen LogP contribution in [0.25, 0.3) is 0 Å². The molecular weight excluding hydrogens is 450 g/mol. The number of oxazole rings is 1. The summed E-state index contributed by atoms with van der Waals surface area (Å²) in [6.45, 7) is 1.97. The molecule has 11 heteroatoms. The van der Waals surface area contributed by atoms with Crippen molar-refractivity contribution in [3.8, 4) is 0 Å². The van der Waals surface area contributed by atoms with Gasteiger partial charge in [-0.3, -0.25) is 9.59 Å².